The molecular weight excluding hydrogens is 387 g/mol. The zero-order valence-electron chi connectivity index (χ0n) is 15.9. The molecule has 0 radical (unpaired) electrons. The molecule has 0 unspecified atom stereocenters. The molecule has 2 aromatic rings. The molecule has 29 heavy (non-hydrogen) atoms. The Morgan fingerprint density at radius 1 is 1.03 bits per heavy atom. The molecule has 2 rings (SSSR count). The second-order valence-electron chi connectivity index (χ2n) is 6.42. The lowest BCUT2D eigenvalue weighted by atomic mass is 10.1. The predicted molar refractivity (Wildman–Crippen MR) is 100 cm³/mol. The highest BCUT2D eigenvalue weighted by Gasteiger charge is 2.42. The summed E-state index contributed by atoms with van der Waals surface area (Å²) in [6.45, 7) is 3.02. The summed E-state index contributed by atoms with van der Waals surface area (Å²) >= 11 is 0. The lowest BCUT2D eigenvalue weighted by Crippen LogP contribution is -2.29. The van der Waals surface area contributed by atoms with Gasteiger partial charge in [0.05, 0.1) is 13.0 Å². The van der Waals surface area contributed by atoms with Crippen molar-refractivity contribution >= 4 is 11.9 Å². The summed E-state index contributed by atoms with van der Waals surface area (Å²) in [5.74, 6) is -3.03. The second kappa shape index (κ2) is 10.6. The predicted octanol–water partition coefficient (Wildman–Crippen LogP) is 3.73. The van der Waals surface area contributed by atoms with Crippen molar-refractivity contribution in [2.24, 2.45) is 0 Å². The first-order valence-electron chi connectivity index (χ1n) is 9.04. The number of esters is 2. The SMILES string of the molecule is Cc1cccc(CCOc2cccc(CNCCC(=O)OC(=O)C(F)(F)F)c2)c1. The smallest absolute Gasteiger partial charge is 0.491 e. The molecule has 8 heteroatoms. The number of nitrogens with one attached hydrogen (secondary N) is 1. The standard InChI is InChI=1S/C21H22F3NO4/c1-15-4-2-5-16(12-15)9-11-28-18-7-3-6-17(13-18)14-25-10-8-19(26)29-20(27)21(22,23)24/h2-7,12-13,25H,8-11,14H2,1H3. The van der Waals surface area contributed by atoms with Gasteiger partial charge in [0.2, 0.25) is 0 Å². The van der Waals surface area contributed by atoms with E-state index in [1.54, 1.807) is 0 Å². The largest absolute Gasteiger partial charge is 0.493 e. The van der Waals surface area contributed by atoms with E-state index in [9.17, 15) is 22.8 Å². The fourth-order valence-electron chi connectivity index (χ4n) is 2.54. The van der Waals surface area contributed by atoms with E-state index in [4.69, 9.17) is 4.74 Å². The van der Waals surface area contributed by atoms with Crippen LogP contribution in [0, 0.1) is 6.92 Å². The molecule has 0 aliphatic carbocycles. The first-order valence-corrected chi connectivity index (χ1v) is 9.04. The van der Waals surface area contributed by atoms with Gasteiger partial charge >= 0.3 is 18.1 Å². The molecule has 0 aliphatic rings. The maximum absolute atomic E-state index is 12.0. The molecular formula is C21H22F3NO4. The molecule has 0 aliphatic heterocycles. The van der Waals surface area contributed by atoms with E-state index in [-0.39, 0.29) is 13.0 Å². The Morgan fingerprint density at radius 2 is 1.76 bits per heavy atom. The third-order valence-corrected chi connectivity index (χ3v) is 3.91. The van der Waals surface area contributed by atoms with E-state index in [1.807, 2.05) is 49.4 Å². The topological polar surface area (TPSA) is 64.6 Å². The summed E-state index contributed by atoms with van der Waals surface area (Å²) in [5.41, 5.74) is 3.28. The van der Waals surface area contributed by atoms with Gasteiger partial charge < -0.3 is 14.8 Å². The number of aryl methyl sites for hydroxylation is 1. The van der Waals surface area contributed by atoms with Crippen molar-refractivity contribution in [1.82, 2.24) is 5.32 Å². The molecule has 0 spiro atoms. The molecule has 0 fully saturated rings. The van der Waals surface area contributed by atoms with Gasteiger partial charge in [0.25, 0.3) is 0 Å². The summed E-state index contributed by atoms with van der Waals surface area (Å²) < 4.78 is 45.5. The van der Waals surface area contributed by atoms with Crippen LogP contribution in [0.5, 0.6) is 5.75 Å². The summed E-state index contributed by atoms with van der Waals surface area (Å²) in [6.07, 6.45) is -4.75. The normalized spacial score (nSPS) is 11.2. The Bertz CT molecular complexity index is 837. The number of benzene rings is 2. The fraction of sp³-hybridized carbons (Fsp3) is 0.333. The quantitative estimate of drug-likeness (QED) is 0.388. The Morgan fingerprint density at radius 3 is 2.48 bits per heavy atom. The highest BCUT2D eigenvalue weighted by atomic mass is 19.4. The van der Waals surface area contributed by atoms with Crippen LogP contribution in [0.25, 0.3) is 0 Å². The van der Waals surface area contributed by atoms with Crippen LogP contribution in [0.1, 0.15) is 23.1 Å². The van der Waals surface area contributed by atoms with Crippen molar-refractivity contribution in [3.05, 3.63) is 65.2 Å². The van der Waals surface area contributed by atoms with Crippen molar-refractivity contribution in [2.75, 3.05) is 13.2 Å². The van der Waals surface area contributed by atoms with Gasteiger partial charge in [0.15, 0.2) is 0 Å². The lowest BCUT2D eigenvalue weighted by molar-refractivity contribution is -0.201. The number of halogens is 3. The monoisotopic (exact) mass is 409 g/mol. The zero-order chi connectivity index (χ0) is 21.3. The van der Waals surface area contributed by atoms with E-state index < -0.39 is 18.1 Å². The fourth-order valence-corrected chi connectivity index (χ4v) is 2.54. The van der Waals surface area contributed by atoms with E-state index >= 15 is 0 Å². The van der Waals surface area contributed by atoms with Gasteiger partial charge in [-0.15, -0.1) is 0 Å². The maximum Gasteiger partial charge on any atom is 0.491 e. The number of carbonyl (C=O) groups excluding carboxylic acids is 2. The molecule has 0 aromatic heterocycles. The number of ether oxygens (including phenoxy) is 2. The van der Waals surface area contributed by atoms with Gasteiger partial charge in [0.1, 0.15) is 5.75 Å². The van der Waals surface area contributed by atoms with Crippen LogP contribution >= 0.6 is 0 Å². The molecule has 0 saturated carbocycles. The van der Waals surface area contributed by atoms with Crippen molar-refractivity contribution < 1.29 is 32.2 Å². The number of hydrogen-bond acceptors (Lipinski definition) is 5. The number of carbonyl (C=O) groups is 2. The minimum atomic E-state index is -5.18. The van der Waals surface area contributed by atoms with Crippen molar-refractivity contribution in [3.63, 3.8) is 0 Å². The van der Waals surface area contributed by atoms with Crippen LogP contribution in [0.4, 0.5) is 13.2 Å². The molecule has 2 aromatic carbocycles. The Hall–Kier alpha value is -2.87. The molecule has 0 bridgehead atoms. The summed E-state index contributed by atoms with van der Waals surface area (Å²) in [5, 5.41) is 2.91. The van der Waals surface area contributed by atoms with Crippen molar-refractivity contribution in [2.45, 2.75) is 32.5 Å². The summed E-state index contributed by atoms with van der Waals surface area (Å²) in [6, 6.07) is 15.6. The van der Waals surface area contributed by atoms with Crippen LogP contribution in [0.2, 0.25) is 0 Å². The van der Waals surface area contributed by atoms with Crippen LogP contribution in [0.15, 0.2) is 48.5 Å². The second-order valence-corrected chi connectivity index (χ2v) is 6.42. The van der Waals surface area contributed by atoms with Gasteiger partial charge in [0, 0.05) is 19.5 Å². The first-order chi connectivity index (χ1) is 13.7. The van der Waals surface area contributed by atoms with Gasteiger partial charge in [-0.1, -0.05) is 42.0 Å². The molecule has 0 atom stereocenters. The van der Waals surface area contributed by atoms with Crippen molar-refractivity contribution in [1.29, 1.82) is 0 Å². The zero-order valence-corrected chi connectivity index (χ0v) is 15.9. The van der Waals surface area contributed by atoms with E-state index in [0.717, 1.165) is 12.0 Å². The third kappa shape index (κ3) is 8.35. The van der Waals surface area contributed by atoms with Gasteiger partial charge in [-0.25, -0.2) is 4.79 Å². The lowest BCUT2D eigenvalue weighted by Gasteiger charge is -2.09. The average molecular weight is 409 g/mol. The minimum Gasteiger partial charge on any atom is -0.493 e. The Labute approximate surface area is 166 Å². The molecule has 5 nitrogen and oxygen atoms in total. The minimum absolute atomic E-state index is 0.0718. The van der Waals surface area contributed by atoms with Crippen LogP contribution in [-0.4, -0.2) is 31.3 Å². The highest BCUT2D eigenvalue weighted by molar-refractivity contribution is 5.88. The van der Waals surface area contributed by atoms with Gasteiger partial charge in [-0.05, 0) is 30.2 Å². The first kappa shape index (κ1) is 22.4. The molecule has 0 heterocycles. The van der Waals surface area contributed by atoms with E-state index in [2.05, 4.69) is 16.1 Å². The van der Waals surface area contributed by atoms with Crippen LogP contribution in [-0.2, 0) is 27.3 Å². The average Bonchev–Trinajstić information content (AvgIpc) is 2.65. The summed E-state index contributed by atoms with van der Waals surface area (Å²) in [7, 11) is 0. The molecule has 156 valence electrons. The summed E-state index contributed by atoms with van der Waals surface area (Å²) in [4.78, 5) is 21.8. The van der Waals surface area contributed by atoms with Gasteiger partial charge in [-0.3, -0.25) is 4.79 Å². The van der Waals surface area contributed by atoms with Crippen molar-refractivity contribution in [3.8, 4) is 5.75 Å². The molecule has 1 N–H and O–H groups in total. The Balaban J connectivity index is 1.70. The van der Waals surface area contributed by atoms with E-state index in [1.165, 1.54) is 11.1 Å². The number of rotatable bonds is 9. The number of alkyl halides is 3. The molecule has 0 amide bonds. The van der Waals surface area contributed by atoms with Gasteiger partial charge in [-0.2, -0.15) is 13.2 Å². The van der Waals surface area contributed by atoms with Crippen LogP contribution in [0.3, 0.4) is 0 Å². The maximum atomic E-state index is 12.0. The Kier molecular flexibility index (Phi) is 8.21. The third-order valence-electron chi connectivity index (χ3n) is 3.91. The highest BCUT2D eigenvalue weighted by Crippen LogP contribution is 2.17. The van der Waals surface area contributed by atoms with Crippen LogP contribution < -0.4 is 10.1 Å². The number of hydrogen-bond donors (Lipinski definition) is 1. The molecule has 0 saturated heterocycles. The van der Waals surface area contributed by atoms with E-state index in [0.29, 0.717) is 18.9 Å².